The Balaban J connectivity index is 1.76. The van der Waals surface area contributed by atoms with Crippen LogP contribution in [0.25, 0.3) is 11.3 Å². The minimum absolute atomic E-state index is 0.00854. The number of halogens is 1. The molecule has 0 unspecified atom stereocenters. The van der Waals surface area contributed by atoms with Gasteiger partial charge in [0.2, 0.25) is 0 Å². The van der Waals surface area contributed by atoms with Gasteiger partial charge in [0.1, 0.15) is 5.69 Å². The highest BCUT2D eigenvalue weighted by atomic mass is 35.5. The molecule has 1 amide bonds. The summed E-state index contributed by atoms with van der Waals surface area (Å²) in [5.41, 5.74) is 4.50. The van der Waals surface area contributed by atoms with Gasteiger partial charge in [0.15, 0.2) is 0 Å². The number of aromatic nitrogens is 2. The molecule has 1 heterocycles. The largest absolute Gasteiger partial charge is 0.283 e. The predicted molar refractivity (Wildman–Crippen MR) is 129 cm³/mol. The van der Waals surface area contributed by atoms with Crippen LogP contribution in [0.1, 0.15) is 27.2 Å². The van der Waals surface area contributed by atoms with Crippen LogP contribution in [0, 0.1) is 13.8 Å². The van der Waals surface area contributed by atoms with Gasteiger partial charge < -0.3 is 0 Å². The van der Waals surface area contributed by atoms with E-state index < -0.39 is 15.9 Å². The number of hydrogen-bond acceptors (Lipinski definition) is 4. The fourth-order valence-corrected chi connectivity index (χ4v) is 4.76. The van der Waals surface area contributed by atoms with Gasteiger partial charge in [-0.25, -0.2) is 13.1 Å². The average Bonchev–Trinajstić information content (AvgIpc) is 3.21. The van der Waals surface area contributed by atoms with E-state index >= 15 is 0 Å². The molecule has 0 bridgehead atoms. The number of hydrogen-bond donors (Lipinski definition) is 1. The molecule has 4 rings (SSSR count). The van der Waals surface area contributed by atoms with Crippen molar-refractivity contribution in [3.05, 3.63) is 106 Å². The molecule has 6 nitrogen and oxygen atoms in total. The number of carbonyl (C=O) groups excluding carboxylic acids is 1. The second-order valence-corrected chi connectivity index (χ2v) is 9.82. The number of carbonyl (C=O) groups is 1. The van der Waals surface area contributed by atoms with Crippen molar-refractivity contribution in [3.8, 4) is 11.3 Å². The van der Waals surface area contributed by atoms with Crippen molar-refractivity contribution in [2.24, 2.45) is 0 Å². The molecular formula is C25H22ClN3O3S. The highest BCUT2D eigenvalue weighted by Crippen LogP contribution is 2.24. The third-order valence-corrected chi connectivity index (χ3v) is 6.95. The maximum Gasteiger partial charge on any atom is 0.283 e. The number of amides is 1. The van der Waals surface area contributed by atoms with Gasteiger partial charge in [-0.2, -0.15) is 5.10 Å². The van der Waals surface area contributed by atoms with Crippen LogP contribution in [0.3, 0.4) is 0 Å². The SMILES string of the molecule is Cc1cccc(C)c1Cn1nc(-c2cccc(Cl)c2)cc1C(=O)NS(=O)(=O)c1ccccc1. The second-order valence-electron chi connectivity index (χ2n) is 7.70. The highest BCUT2D eigenvalue weighted by molar-refractivity contribution is 7.90. The lowest BCUT2D eigenvalue weighted by molar-refractivity contribution is 0.0971. The first kappa shape index (κ1) is 22.8. The van der Waals surface area contributed by atoms with E-state index in [0.717, 1.165) is 22.3 Å². The maximum absolute atomic E-state index is 13.1. The van der Waals surface area contributed by atoms with Crippen LogP contribution in [0.4, 0.5) is 0 Å². The van der Waals surface area contributed by atoms with Crippen molar-refractivity contribution in [1.29, 1.82) is 0 Å². The summed E-state index contributed by atoms with van der Waals surface area (Å²) in [6.07, 6.45) is 0. The zero-order valence-corrected chi connectivity index (χ0v) is 19.7. The van der Waals surface area contributed by atoms with Gasteiger partial charge in [0.05, 0.1) is 17.1 Å². The van der Waals surface area contributed by atoms with Crippen LogP contribution in [0.2, 0.25) is 5.02 Å². The Bertz CT molecular complexity index is 1410. The summed E-state index contributed by atoms with van der Waals surface area (Å²) in [5, 5.41) is 5.16. The van der Waals surface area contributed by atoms with Gasteiger partial charge in [-0.05, 0) is 60.9 Å². The second kappa shape index (κ2) is 9.21. The zero-order chi connectivity index (χ0) is 23.6. The van der Waals surface area contributed by atoms with Gasteiger partial charge in [-0.1, -0.05) is 60.1 Å². The quantitative estimate of drug-likeness (QED) is 0.422. The third kappa shape index (κ3) is 4.99. The van der Waals surface area contributed by atoms with Crippen molar-refractivity contribution in [2.75, 3.05) is 0 Å². The van der Waals surface area contributed by atoms with E-state index in [2.05, 4.69) is 9.82 Å². The molecule has 0 aliphatic carbocycles. The van der Waals surface area contributed by atoms with Crippen molar-refractivity contribution >= 4 is 27.5 Å². The molecule has 0 fully saturated rings. The topological polar surface area (TPSA) is 81.1 Å². The fourth-order valence-electron chi connectivity index (χ4n) is 3.59. The first-order valence-corrected chi connectivity index (χ1v) is 12.1. The molecule has 0 aliphatic rings. The lowest BCUT2D eigenvalue weighted by Crippen LogP contribution is -2.32. The first-order chi connectivity index (χ1) is 15.7. The van der Waals surface area contributed by atoms with Crippen LogP contribution in [-0.2, 0) is 16.6 Å². The molecule has 3 aromatic carbocycles. The standard InChI is InChI=1S/C25H22ClN3O3S/c1-17-8-6-9-18(2)22(17)16-29-24(15-23(27-29)19-10-7-11-20(26)14-19)25(30)28-33(31,32)21-12-4-3-5-13-21/h3-15H,16H2,1-2H3,(H,28,30). The Morgan fingerprint density at radius 2 is 1.61 bits per heavy atom. The van der Waals surface area contributed by atoms with E-state index in [0.29, 0.717) is 17.3 Å². The smallest absolute Gasteiger partial charge is 0.266 e. The monoisotopic (exact) mass is 479 g/mol. The third-order valence-electron chi connectivity index (χ3n) is 5.37. The fraction of sp³-hybridized carbons (Fsp3) is 0.120. The Morgan fingerprint density at radius 3 is 2.27 bits per heavy atom. The predicted octanol–water partition coefficient (Wildman–Crippen LogP) is 4.99. The van der Waals surface area contributed by atoms with E-state index in [4.69, 9.17) is 11.6 Å². The number of rotatable bonds is 6. The van der Waals surface area contributed by atoms with Crippen molar-refractivity contribution in [2.45, 2.75) is 25.3 Å². The summed E-state index contributed by atoms with van der Waals surface area (Å²) in [6, 6.07) is 22.4. The molecule has 0 aliphatic heterocycles. The molecule has 8 heteroatoms. The molecule has 0 radical (unpaired) electrons. The van der Waals surface area contributed by atoms with Crippen LogP contribution in [0.5, 0.6) is 0 Å². The van der Waals surface area contributed by atoms with Gasteiger partial charge >= 0.3 is 0 Å². The summed E-state index contributed by atoms with van der Waals surface area (Å²) >= 11 is 6.14. The summed E-state index contributed by atoms with van der Waals surface area (Å²) in [6.45, 7) is 4.29. The van der Waals surface area contributed by atoms with E-state index in [1.165, 1.54) is 16.8 Å². The normalized spacial score (nSPS) is 11.4. The van der Waals surface area contributed by atoms with Gasteiger partial charge in [0, 0.05) is 10.6 Å². The van der Waals surface area contributed by atoms with Crippen LogP contribution in [-0.4, -0.2) is 24.1 Å². The molecular weight excluding hydrogens is 458 g/mol. The first-order valence-electron chi connectivity index (χ1n) is 10.3. The zero-order valence-electron chi connectivity index (χ0n) is 18.1. The maximum atomic E-state index is 13.1. The van der Waals surface area contributed by atoms with Crippen LogP contribution >= 0.6 is 11.6 Å². The Morgan fingerprint density at radius 1 is 0.939 bits per heavy atom. The van der Waals surface area contributed by atoms with Gasteiger partial charge in [-0.15, -0.1) is 0 Å². The Hall–Kier alpha value is -3.42. The summed E-state index contributed by atoms with van der Waals surface area (Å²) in [5.74, 6) is -0.758. The molecule has 1 aromatic heterocycles. The highest BCUT2D eigenvalue weighted by Gasteiger charge is 2.23. The van der Waals surface area contributed by atoms with E-state index in [1.54, 1.807) is 42.5 Å². The molecule has 33 heavy (non-hydrogen) atoms. The molecule has 4 aromatic rings. The van der Waals surface area contributed by atoms with Gasteiger partial charge in [-0.3, -0.25) is 9.48 Å². The minimum atomic E-state index is -4.04. The van der Waals surface area contributed by atoms with Crippen molar-refractivity contribution in [3.63, 3.8) is 0 Å². The number of nitrogens with zero attached hydrogens (tertiary/aromatic N) is 2. The molecule has 1 N–H and O–H groups in total. The lowest BCUT2D eigenvalue weighted by atomic mass is 10.0. The molecule has 0 spiro atoms. The number of sulfonamides is 1. The number of nitrogens with one attached hydrogen (secondary N) is 1. The Kier molecular flexibility index (Phi) is 6.35. The van der Waals surface area contributed by atoms with E-state index in [-0.39, 0.29) is 10.6 Å². The molecule has 168 valence electrons. The van der Waals surface area contributed by atoms with Crippen molar-refractivity contribution < 1.29 is 13.2 Å². The molecule has 0 atom stereocenters. The summed E-state index contributed by atoms with van der Waals surface area (Å²) in [7, 11) is -4.04. The molecule has 0 saturated heterocycles. The van der Waals surface area contributed by atoms with Gasteiger partial charge in [0.25, 0.3) is 15.9 Å². The van der Waals surface area contributed by atoms with Crippen LogP contribution in [0.15, 0.2) is 83.8 Å². The average molecular weight is 480 g/mol. The number of benzene rings is 3. The summed E-state index contributed by atoms with van der Waals surface area (Å²) < 4.78 is 29.2. The van der Waals surface area contributed by atoms with E-state index in [9.17, 15) is 13.2 Å². The molecule has 0 saturated carbocycles. The van der Waals surface area contributed by atoms with E-state index in [1.807, 2.05) is 38.1 Å². The summed E-state index contributed by atoms with van der Waals surface area (Å²) in [4.78, 5) is 13.2. The van der Waals surface area contributed by atoms with Crippen LogP contribution < -0.4 is 4.72 Å². The van der Waals surface area contributed by atoms with Crippen molar-refractivity contribution in [1.82, 2.24) is 14.5 Å². The number of aryl methyl sites for hydroxylation is 2. The Labute approximate surface area is 197 Å². The minimum Gasteiger partial charge on any atom is -0.266 e. The lowest BCUT2D eigenvalue weighted by Gasteiger charge is -2.13.